The van der Waals surface area contributed by atoms with E-state index in [1.165, 1.54) is 18.5 Å². The Morgan fingerprint density at radius 3 is 3.00 bits per heavy atom. The molecule has 1 saturated carbocycles. The van der Waals surface area contributed by atoms with Gasteiger partial charge in [0.2, 0.25) is 0 Å². The average molecular weight is 263 g/mol. The zero-order valence-electron chi connectivity index (χ0n) is 10.2. The fourth-order valence-corrected chi connectivity index (χ4v) is 2.24. The Labute approximate surface area is 111 Å². The van der Waals surface area contributed by atoms with Crippen molar-refractivity contribution in [3.63, 3.8) is 0 Å². The molecule has 5 heteroatoms. The van der Waals surface area contributed by atoms with Gasteiger partial charge in [0.05, 0.1) is 29.9 Å². The zero-order valence-corrected chi connectivity index (χ0v) is 11.0. The second-order valence-corrected chi connectivity index (χ2v) is 5.03. The fourth-order valence-electron chi connectivity index (χ4n) is 2.05. The van der Waals surface area contributed by atoms with E-state index >= 15 is 0 Å². The summed E-state index contributed by atoms with van der Waals surface area (Å²) in [6, 6.07) is 4.42. The lowest BCUT2D eigenvalue weighted by Gasteiger charge is -2.10. The molecule has 0 bridgehead atoms. The summed E-state index contributed by atoms with van der Waals surface area (Å²) in [7, 11) is 0. The molecule has 0 amide bonds. The molecule has 1 N–H and O–H groups in total. The molecule has 0 aromatic carbocycles. The first kappa shape index (κ1) is 11.5. The number of halogens is 1. The summed E-state index contributed by atoms with van der Waals surface area (Å²) in [5.41, 5.74) is 3.15. The van der Waals surface area contributed by atoms with E-state index in [-0.39, 0.29) is 0 Å². The van der Waals surface area contributed by atoms with Crippen LogP contribution in [0.5, 0.6) is 0 Å². The van der Waals surface area contributed by atoms with Gasteiger partial charge in [0.15, 0.2) is 0 Å². The number of nitrogens with one attached hydrogen (secondary N) is 1. The molecule has 0 aliphatic heterocycles. The number of hydrogen-bond donors (Lipinski definition) is 1. The van der Waals surface area contributed by atoms with Crippen LogP contribution in [-0.4, -0.2) is 14.5 Å². The van der Waals surface area contributed by atoms with Crippen LogP contribution in [0.1, 0.15) is 30.3 Å². The highest BCUT2D eigenvalue weighted by molar-refractivity contribution is 6.29. The summed E-state index contributed by atoms with van der Waals surface area (Å²) < 4.78 is 2.26. The quantitative estimate of drug-likeness (QED) is 0.861. The smallest absolute Gasteiger partial charge is 0.129 e. The maximum Gasteiger partial charge on any atom is 0.129 e. The SMILES string of the molecule is Cc1nc(Cl)ccc1NCc1cncn1C1CC1. The molecule has 0 atom stereocenters. The number of anilines is 1. The molecular formula is C13H15ClN4. The standard InChI is InChI=1S/C13H15ClN4/c1-9-12(4-5-13(14)17-9)16-7-11-6-15-8-18(11)10-2-3-10/h4-6,8,10,16H,2-3,7H2,1H3. The Bertz CT molecular complexity index is 560. The number of hydrogen-bond acceptors (Lipinski definition) is 3. The van der Waals surface area contributed by atoms with Crippen LogP contribution in [0.3, 0.4) is 0 Å². The molecule has 2 heterocycles. The van der Waals surface area contributed by atoms with Crippen molar-refractivity contribution in [3.8, 4) is 0 Å². The second kappa shape index (κ2) is 4.61. The highest BCUT2D eigenvalue weighted by Gasteiger charge is 2.24. The van der Waals surface area contributed by atoms with Crippen LogP contribution in [0.25, 0.3) is 0 Å². The van der Waals surface area contributed by atoms with Crippen molar-refractivity contribution in [3.05, 3.63) is 41.2 Å². The number of pyridine rings is 1. The van der Waals surface area contributed by atoms with Crippen LogP contribution in [0.15, 0.2) is 24.7 Å². The van der Waals surface area contributed by atoms with E-state index in [1.807, 2.05) is 25.5 Å². The molecule has 94 valence electrons. The van der Waals surface area contributed by atoms with Gasteiger partial charge in [0.1, 0.15) is 5.15 Å². The summed E-state index contributed by atoms with van der Waals surface area (Å²) in [5.74, 6) is 0. The minimum absolute atomic E-state index is 0.529. The molecular weight excluding hydrogens is 248 g/mol. The molecule has 0 spiro atoms. The van der Waals surface area contributed by atoms with Gasteiger partial charge in [-0.2, -0.15) is 0 Å². The third kappa shape index (κ3) is 2.34. The molecule has 2 aromatic heterocycles. The van der Waals surface area contributed by atoms with Gasteiger partial charge in [0, 0.05) is 12.2 Å². The molecule has 0 saturated heterocycles. The minimum Gasteiger partial charge on any atom is -0.378 e. The van der Waals surface area contributed by atoms with Crippen molar-refractivity contribution < 1.29 is 0 Å². The molecule has 4 nitrogen and oxygen atoms in total. The lowest BCUT2D eigenvalue weighted by atomic mass is 10.3. The number of imidazole rings is 1. The highest BCUT2D eigenvalue weighted by atomic mass is 35.5. The Morgan fingerprint density at radius 1 is 1.44 bits per heavy atom. The molecule has 0 radical (unpaired) electrons. The van der Waals surface area contributed by atoms with Gasteiger partial charge < -0.3 is 9.88 Å². The predicted octanol–water partition coefficient (Wildman–Crippen LogP) is 3.19. The van der Waals surface area contributed by atoms with E-state index in [0.717, 1.165) is 17.9 Å². The van der Waals surface area contributed by atoms with Gasteiger partial charge in [0.25, 0.3) is 0 Å². The lowest BCUT2D eigenvalue weighted by Crippen LogP contribution is -2.07. The number of aromatic nitrogens is 3. The maximum atomic E-state index is 5.84. The van der Waals surface area contributed by atoms with E-state index in [2.05, 4.69) is 19.9 Å². The molecule has 1 fully saturated rings. The Hall–Kier alpha value is -1.55. The van der Waals surface area contributed by atoms with Crippen molar-refractivity contribution in [2.45, 2.75) is 32.4 Å². The normalized spacial score (nSPS) is 14.8. The molecule has 1 aliphatic carbocycles. The van der Waals surface area contributed by atoms with Gasteiger partial charge in [-0.05, 0) is 31.9 Å². The summed E-state index contributed by atoms with van der Waals surface area (Å²) in [5, 5.41) is 3.91. The van der Waals surface area contributed by atoms with E-state index in [9.17, 15) is 0 Å². The average Bonchev–Trinajstić information content (AvgIpc) is 3.08. The first-order valence-electron chi connectivity index (χ1n) is 6.12. The lowest BCUT2D eigenvalue weighted by molar-refractivity contribution is 0.701. The molecule has 1 aliphatic rings. The largest absolute Gasteiger partial charge is 0.378 e. The topological polar surface area (TPSA) is 42.7 Å². The van der Waals surface area contributed by atoms with Gasteiger partial charge in [-0.15, -0.1) is 0 Å². The summed E-state index contributed by atoms with van der Waals surface area (Å²) in [6.07, 6.45) is 6.38. The van der Waals surface area contributed by atoms with Crippen LogP contribution >= 0.6 is 11.6 Å². The Morgan fingerprint density at radius 2 is 2.28 bits per heavy atom. The van der Waals surface area contributed by atoms with E-state index in [4.69, 9.17) is 11.6 Å². The number of rotatable bonds is 4. The first-order chi connectivity index (χ1) is 8.74. The van der Waals surface area contributed by atoms with Crippen molar-refractivity contribution >= 4 is 17.3 Å². The van der Waals surface area contributed by atoms with E-state index in [1.54, 1.807) is 6.07 Å². The van der Waals surface area contributed by atoms with Crippen LogP contribution < -0.4 is 5.32 Å². The van der Waals surface area contributed by atoms with Crippen LogP contribution in [-0.2, 0) is 6.54 Å². The van der Waals surface area contributed by atoms with Crippen LogP contribution in [0.2, 0.25) is 5.15 Å². The summed E-state index contributed by atoms with van der Waals surface area (Å²) in [4.78, 5) is 8.44. The summed E-state index contributed by atoms with van der Waals surface area (Å²) in [6.45, 7) is 2.72. The minimum atomic E-state index is 0.529. The molecule has 18 heavy (non-hydrogen) atoms. The maximum absolute atomic E-state index is 5.84. The van der Waals surface area contributed by atoms with Gasteiger partial charge in [-0.3, -0.25) is 0 Å². The third-order valence-corrected chi connectivity index (χ3v) is 3.41. The predicted molar refractivity (Wildman–Crippen MR) is 71.8 cm³/mol. The molecule has 3 rings (SSSR count). The zero-order chi connectivity index (χ0) is 12.5. The fraction of sp³-hybridized carbons (Fsp3) is 0.385. The van der Waals surface area contributed by atoms with Crippen molar-refractivity contribution in [1.82, 2.24) is 14.5 Å². The van der Waals surface area contributed by atoms with Crippen molar-refractivity contribution in [2.75, 3.05) is 5.32 Å². The molecule has 0 unspecified atom stereocenters. The van der Waals surface area contributed by atoms with Crippen molar-refractivity contribution in [2.24, 2.45) is 0 Å². The monoisotopic (exact) mass is 262 g/mol. The number of nitrogens with zero attached hydrogens (tertiary/aromatic N) is 3. The van der Waals surface area contributed by atoms with Crippen LogP contribution in [0, 0.1) is 6.92 Å². The Balaban J connectivity index is 1.71. The van der Waals surface area contributed by atoms with E-state index < -0.39 is 0 Å². The first-order valence-corrected chi connectivity index (χ1v) is 6.49. The third-order valence-electron chi connectivity index (χ3n) is 3.20. The van der Waals surface area contributed by atoms with Crippen LogP contribution in [0.4, 0.5) is 5.69 Å². The van der Waals surface area contributed by atoms with Gasteiger partial charge in [-0.1, -0.05) is 11.6 Å². The molecule has 2 aromatic rings. The number of aryl methyl sites for hydroxylation is 1. The van der Waals surface area contributed by atoms with Crippen molar-refractivity contribution in [1.29, 1.82) is 0 Å². The van der Waals surface area contributed by atoms with Gasteiger partial charge >= 0.3 is 0 Å². The van der Waals surface area contributed by atoms with E-state index in [0.29, 0.717) is 11.2 Å². The Kier molecular flexibility index (Phi) is 2.96. The second-order valence-electron chi connectivity index (χ2n) is 4.64. The highest BCUT2D eigenvalue weighted by Crippen LogP contribution is 2.35. The summed E-state index contributed by atoms with van der Waals surface area (Å²) >= 11 is 5.84. The van der Waals surface area contributed by atoms with Gasteiger partial charge in [-0.25, -0.2) is 9.97 Å².